The van der Waals surface area contributed by atoms with Crippen molar-refractivity contribution in [2.24, 2.45) is 5.92 Å². The summed E-state index contributed by atoms with van der Waals surface area (Å²) in [5.41, 5.74) is 0. The first-order valence-electron chi connectivity index (χ1n) is 6.49. The highest BCUT2D eigenvalue weighted by molar-refractivity contribution is 5.78. The summed E-state index contributed by atoms with van der Waals surface area (Å²) in [4.78, 5) is 21.2. The van der Waals surface area contributed by atoms with Crippen molar-refractivity contribution in [3.05, 3.63) is 18.2 Å². The average molecular weight is 267 g/mol. The Hall–Kier alpha value is -1.72. The molecule has 0 bridgehead atoms. The molecule has 6 heteroatoms. The maximum absolute atomic E-state index is 12.7. The zero-order valence-corrected chi connectivity index (χ0v) is 11.2. The van der Waals surface area contributed by atoms with Gasteiger partial charge in [0.1, 0.15) is 6.10 Å². The SMILES string of the molecule is CC(C)C(=O)N1CCC(Oc2ncc(F)cn2)CC1. The van der Waals surface area contributed by atoms with Crippen LogP contribution >= 0.6 is 0 Å². The number of hydrogen-bond acceptors (Lipinski definition) is 4. The molecule has 5 nitrogen and oxygen atoms in total. The van der Waals surface area contributed by atoms with E-state index in [9.17, 15) is 9.18 Å². The Morgan fingerprint density at radius 3 is 2.47 bits per heavy atom. The molecule has 0 unspecified atom stereocenters. The van der Waals surface area contributed by atoms with Crippen molar-refractivity contribution in [2.45, 2.75) is 32.8 Å². The second kappa shape index (κ2) is 5.95. The fourth-order valence-corrected chi connectivity index (χ4v) is 2.07. The van der Waals surface area contributed by atoms with Gasteiger partial charge < -0.3 is 9.64 Å². The van der Waals surface area contributed by atoms with Crippen molar-refractivity contribution in [1.82, 2.24) is 14.9 Å². The van der Waals surface area contributed by atoms with Crippen LogP contribution in [0.3, 0.4) is 0 Å². The van der Waals surface area contributed by atoms with Crippen LogP contribution in [-0.2, 0) is 4.79 Å². The molecule has 1 aromatic heterocycles. The Bertz CT molecular complexity index is 428. The highest BCUT2D eigenvalue weighted by Crippen LogP contribution is 2.17. The van der Waals surface area contributed by atoms with Gasteiger partial charge in [0.05, 0.1) is 12.4 Å². The summed E-state index contributed by atoms with van der Waals surface area (Å²) in [6.07, 6.45) is 3.65. The molecule has 0 atom stereocenters. The van der Waals surface area contributed by atoms with Gasteiger partial charge in [-0.2, -0.15) is 0 Å². The van der Waals surface area contributed by atoms with E-state index in [1.807, 2.05) is 18.7 Å². The van der Waals surface area contributed by atoms with Crippen LogP contribution in [0.4, 0.5) is 4.39 Å². The Morgan fingerprint density at radius 1 is 1.37 bits per heavy atom. The number of piperidine rings is 1. The molecule has 1 saturated heterocycles. The number of halogens is 1. The number of hydrogen-bond donors (Lipinski definition) is 0. The number of amides is 1. The van der Waals surface area contributed by atoms with Gasteiger partial charge in [0.25, 0.3) is 0 Å². The molecule has 0 N–H and O–H groups in total. The van der Waals surface area contributed by atoms with Crippen LogP contribution < -0.4 is 4.74 Å². The van der Waals surface area contributed by atoms with Gasteiger partial charge in [-0.25, -0.2) is 14.4 Å². The Morgan fingerprint density at radius 2 is 1.95 bits per heavy atom. The van der Waals surface area contributed by atoms with Crippen molar-refractivity contribution in [2.75, 3.05) is 13.1 Å². The van der Waals surface area contributed by atoms with E-state index in [2.05, 4.69) is 9.97 Å². The summed E-state index contributed by atoms with van der Waals surface area (Å²) >= 11 is 0. The van der Waals surface area contributed by atoms with Crippen molar-refractivity contribution in [3.8, 4) is 6.01 Å². The third-order valence-electron chi connectivity index (χ3n) is 3.12. The lowest BCUT2D eigenvalue weighted by Crippen LogP contribution is -2.43. The molecule has 0 spiro atoms. The number of carbonyl (C=O) groups is 1. The van der Waals surface area contributed by atoms with E-state index >= 15 is 0 Å². The van der Waals surface area contributed by atoms with Gasteiger partial charge in [0.2, 0.25) is 5.91 Å². The fraction of sp³-hybridized carbons (Fsp3) is 0.615. The lowest BCUT2D eigenvalue weighted by molar-refractivity contribution is -0.136. The first kappa shape index (κ1) is 13.7. The molecule has 0 aliphatic carbocycles. The maximum Gasteiger partial charge on any atom is 0.316 e. The quantitative estimate of drug-likeness (QED) is 0.835. The van der Waals surface area contributed by atoms with E-state index in [0.717, 1.165) is 25.2 Å². The number of aromatic nitrogens is 2. The maximum atomic E-state index is 12.7. The first-order chi connectivity index (χ1) is 9.06. The zero-order valence-electron chi connectivity index (χ0n) is 11.2. The molecule has 0 radical (unpaired) electrons. The summed E-state index contributed by atoms with van der Waals surface area (Å²) in [7, 11) is 0. The molecule has 19 heavy (non-hydrogen) atoms. The minimum Gasteiger partial charge on any atom is -0.460 e. The molecule has 1 fully saturated rings. The number of rotatable bonds is 3. The number of nitrogens with zero attached hydrogens (tertiary/aromatic N) is 3. The Kier molecular flexibility index (Phi) is 4.29. The van der Waals surface area contributed by atoms with Gasteiger partial charge in [-0.1, -0.05) is 13.8 Å². The van der Waals surface area contributed by atoms with Gasteiger partial charge in [-0.15, -0.1) is 0 Å². The Labute approximate surface area is 111 Å². The molecule has 2 heterocycles. The highest BCUT2D eigenvalue weighted by atomic mass is 19.1. The predicted molar refractivity (Wildman–Crippen MR) is 67.1 cm³/mol. The lowest BCUT2D eigenvalue weighted by atomic mass is 10.1. The summed E-state index contributed by atoms with van der Waals surface area (Å²) in [5.74, 6) is -0.279. The zero-order chi connectivity index (χ0) is 13.8. The van der Waals surface area contributed by atoms with Crippen LogP contribution in [0, 0.1) is 11.7 Å². The normalized spacial score (nSPS) is 16.7. The largest absolute Gasteiger partial charge is 0.460 e. The molecule has 1 aliphatic heterocycles. The monoisotopic (exact) mass is 267 g/mol. The van der Waals surface area contributed by atoms with Crippen LogP contribution in [0.1, 0.15) is 26.7 Å². The summed E-state index contributed by atoms with van der Waals surface area (Å²) in [6.45, 7) is 5.17. The van der Waals surface area contributed by atoms with Crippen molar-refractivity contribution in [3.63, 3.8) is 0 Å². The molecular formula is C13H18FN3O2. The molecule has 104 valence electrons. The molecule has 1 aliphatic rings. The Balaban J connectivity index is 1.83. The predicted octanol–water partition coefficient (Wildman–Crippen LogP) is 1.64. The van der Waals surface area contributed by atoms with Gasteiger partial charge in [0.15, 0.2) is 5.82 Å². The second-order valence-corrected chi connectivity index (χ2v) is 4.98. The number of likely N-dealkylation sites (tertiary alicyclic amines) is 1. The van der Waals surface area contributed by atoms with Gasteiger partial charge >= 0.3 is 6.01 Å². The summed E-state index contributed by atoms with van der Waals surface area (Å²) < 4.78 is 18.2. The summed E-state index contributed by atoms with van der Waals surface area (Å²) in [5, 5.41) is 0. The third-order valence-corrected chi connectivity index (χ3v) is 3.12. The van der Waals surface area contributed by atoms with Crippen LogP contribution in [-0.4, -0.2) is 40.0 Å². The average Bonchev–Trinajstić information content (AvgIpc) is 2.41. The van der Waals surface area contributed by atoms with E-state index in [1.54, 1.807) is 0 Å². The fourth-order valence-electron chi connectivity index (χ4n) is 2.07. The van der Waals surface area contributed by atoms with Gasteiger partial charge in [-0.05, 0) is 0 Å². The van der Waals surface area contributed by atoms with Gasteiger partial charge in [0, 0.05) is 31.8 Å². The molecule has 0 aromatic carbocycles. The van der Waals surface area contributed by atoms with Crippen LogP contribution in [0.15, 0.2) is 12.4 Å². The minimum absolute atomic E-state index is 0.0123. The van der Waals surface area contributed by atoms with Gasteiger partial charge in [-0.3, -0.25) is 4.79 Å². The lowest BCUT2D eigenvalue weighted by Gasteiger charge is -2.32. The third kappa shape index (κ3) is 3.62. The number of carbonyl (C=O) groups excluding carboxylic acids is 1. The van der Waals surface area contributed by atoms with E-state index in [1.165, 1.54) is 0 Å². The molecule has 1 amide bonds. The number of ether oxygens (including phenoxy) is 1. The second-order valence-electron chi connectivity index (χ2n) is 4.98. The van der Waals surface area contributed by atoms with Crippen molar-refractivity contribution < 1.29 is 13.9 Å². The van der Waals surface area contributed by atoms with Crippen molar-refractivity contribution >= 4 is 5.91 Å². The molecular weight excluding hydrogens is 249 g/mol. The van der Waals surface area contributed by atoms with E-state index < -0.39 is 5.82 Å². The van der Waals surface area contributed by atoms with E-state index in [-0.39, 0.29) is 23.9 Å². The molecule has 0 saturated carbocycles. The topological polar surface area (TPSA) is 55.3 Å². The molecule has 1 aromatic rings. The van der Waals surface area contributed by atoms with Crippen LogP contribution in [0.2, 0.25) is 0 Å². The summed E-state index contributed by atoms with van der Waals surface area (Å²) in [6, 6.07) is 0.190. The first-order valence-corrected chi connectivity index (χ1v) is 6.49. The van der Waals surface area contributed by atoms with E-state index in [0.29, 0.717) is 13.1 Å². The smallest absolute Gasteiger partial charge is 0.316 e. The van der Waals surface area contributed by atoms with Crippen molar-refractivity contribution in [1.29, 1.82) is 0 Å². The van der Waals surface area contributed by atoms with Crippen LogP contribution in [0.5, 0.6) is 6.01 Å². The minimum atomic E-state index is -0.482. The highest BCUT2D eigenvalue weighted by Gasteiger charge is 2.25. The van der Waals surface area contributed by atoms with E-state index in [4.69, 9.17) is 4.74 Å². The molecule has 2 rings (SSSR count). The standard InChI is InChI=1S/C13H18FN3O2/c1-9(2)12(18)17-5-3-11(4-6-17)19-13-15-7-10(14)8-16-13/h7-9,11H,3-6H2,1-2H3. The van der Waals surface area contributed by atoms with Crippen LogP contribution in [0.25, 0.3) is 0 Å².